The lowest BCUT2D eigenvalue weighted by Gasteiger charge is -2.06. The molecule has 2 aromatic heterocycles. The number of pyridine rings is 1. The van der Waals surface area contributed by atoms with E-state index in [1.807, 2.05) is 54.6 Å². The van der Waals surface area contributed by atoms with Gasteiger partial charge >= 0.3 is 6.18 Å². The topological polar surface area (TPSA) is 110 Å². The molecule has 0 spiro atoms. The first-order valence-electron chi connectivity index (χ1n) is 11.3. The van der Waals surface area contributed by atoms with Crippen molar-refractivity contribution in [3.63, 3.8) is 0 Å². The van der Waals surface area contributed by atoms with E-state index < -0.39 is 12.7 Å². The molecule has 0 saturated heterocycles. The minimum Gasteiger partial charge on any atom is -0.330 e. The van der Waals surface area contributed by atoms with E-state index in [1.54, 1.807) is 12.1 Å². The molecule has 0 unspecified atom stereocenters. The Hall–Kier alpha value is -4.49. The highest BCUT2D eigenvalue weighted by atomic mass is 19.4. The molecule has 0 atom stereocenters. The second kappa shape index (κ2) is 13.0. The number of aromatic nitrogens is 3. The number of nitrogens with zero attached hydrogens (tertiary/aromatic N) is 4. The van der Waals surface area contributed by atoms with E-state index in [4.69, 9.17) is 11.0 Å². The number of halogens is 3. The Labute approximate surface area is 212 Å². The lowest BCUT2D eigenvalue weighted by atomic mass is 10.1. The summed E-state index contributed by atoms with van der Waals surface area (Å²) in [5.74, 6) is 0.173. The van der Waals surface area contributed by atoms with Gasteiger partial charge in [0.2, 0.25) is 5.91 Å². The monoisotopic (exact) mass is 506 g/mol. The highest BCUT2D eigenvalue weighted by molar-refractivity contribution is 5.91. The Morgan fingerprint density at radius 2 is 1.70 bits per heavy atom. The third-order valence-corrected chi connectivity index (χ3v) is 5.06. The summed E-state index contributed by atoms with van der Waals surface area (Å²) in [6, 6.07) is 22.1. The Morgan fingerprint density at radius 1 is 0.973 bits per heavy atom. The molecule has 1 amide bonds. The summed E-state index contributed by atoms with van der Waals surface area (Å²) < 4.78 is 37.9. The van der Waals surface area contributed by atoms with Crippen LogP contribution in [-0.4, -0.2) is 33.4 Å². The zero-order valence-electron chi connectivity index (χ0n) is 19.8. The van der Waals surface area contributed by atoms with E-state index in [0.717, 1.165) is 16.7 Å². The Balaban J connectivity index is 0.000000289. The first-order valence-corrected chi connectivity index (χ1v) is 11.3. The SMILES string of the molecule is N#Cc1ccc(CCN)cc1.O=C(Cc1ccccc1)Nc1ccc(-c2cnn(CC(F)(F)F)c2)cn1. The van der Waals surface area contributed by atoms with Crippen molar-refractivity contribution in [2.45, 2.75) is 25.6 Å². The number of amides is 1. The number of benzene rings is 2. The maximum atomic E-state index is 12.4. The molecule has 0 saturated carbocycles. The van der Waals surface area contributed by atoms with E-state index in [2.05, 4.69) is 21.5 Å². The number of anilines is 1. The van der Waals surface area contributed by atoms with Crippen LogP contribution in [0, 0.1) is 11.3 Å². The van der Waals surface area contributed by atoms with Gasteiger partial charge in [-0.3, -0.25) is 9.48 Å². The largest absolute Gasteiger partial charge is 0.408 e. The number of carbonyl (C=O) groups is 1. The summed E-state index contributed by atoms with van der Waals surface area (Å²) in [4.78, 5) is 16.1. The van der Waals surface area contributed by atoms with Gasteiger partial charge in [-0.05, 0) is 48.4 Å². The number of nitriles is 1. The van der Waals surface area contributed by atoms with Crippen molar-refractivity contribution in [1.82, 2.24) is 14.8 Å². The number of nitrogens with one attached hydrogen (secondary N) is 1. The van der Waals surface area contributed by atoms with Crippen molar-refractivity contribution in [2.75, 3.05) is 11.9 Å². The van der Waals surface area contributed by atoms with Crippen molar-refractivity contribution in [1.29, 1.82) is 5.26 Å². The minimum absolute atomic E-state index is 0.200. The lowest BCUT2D eigenvalue weighted by molar-refractivity contribution is -0.142. The molecule has 0 radical (unpaired) electrons. The van der Waals surface area contributed by atoms with Crippen LogP contribution in [0.3, 0.4) is 0 Å². The van der Waals surface area contributed by atoms with Crippen molar-refractivity contribution < 1.29 is 18.0 Å². The maximum absolute atomic E-state index is 12.4. The van der Waals surface area contributed by atoms with Gasteiger partial charge in [-0.25, -0.2) is 4.98 Å². The standard InChI is InChI=1S/C18H15F3N4O.C9H10N2/c19-18(20,21)12-25-11-15(10-23-25)14-6-7-16(22-9-14)24-17(26)8-13-4-2-1-3-5-13;10-6-5-8-1-3-9(7-11)4-2-8/h1-7,9-11H,8,12H2,(H,22,24,26);1-4H,5-6,10H2. The van der Waals surface area contributed by atoms with Gasteiger partial charge in [0.25, 0.3) is 0 Å². The fourth-order valence-electron chi connectivity index (χ4n) is 3.30. The molecule has 0 aliphatic carbocycles. The van der Waals surface area contributed by atoms with E-state index in [1.165, 1.54) is 24.2 Å². The van der Waals surface area contributed by atoms with Crippen LogP contribution in [0.25, 0.3) is 11.1 Å². The molecule has 7 nitrogen and oxygen atoms in total. The van der Waals surface area contributed by atoms with Crippen molar-refractivity contribution in [2.24, 2.45) is 5.73 Å². The third-order valence-electron chi connectivity index (χ3n) is 5.06. The third kappa shape index (κ3) is 9.23. The van der Waals surface area contributed by atoms with Gasteiger partial charge in [0.1, 0.15) is 12.4 Å². The highest BCUT2D eigenvalue weighted by Gasteiger charge is 2.28. The van der Waals surface area contributed by atoms with Crippen LogP contribution in [0.15, 0.2) is 85.3 Å². The Kier molecular flexibility index (Phi) is 9.52. The van der Waals surface area contributed by atoms with Crippen molar-refractivity contribution in [3.05, 3.63) is 102 Å². The van der Waals surface area contributed by atoms with Gasteiger partial charge in [0.15, 0.2) is 0 Å². The first-order chi connectivity index (χ1) is 17.8. The number of alkyl halides is 3. The van der Waals surface area contributed by atoms with Crippen molar-refractivity contribution in [3.8, 4) is 17.2 Å². The van der Waals surface area contributed by atoms with Gasteiger partial charge in [-0.2, -0.15) is 23.5 Å². The van der Waals surface area contributed by atoms with Gasteiger partial charge in [0, 0.05) is 23.5 Å². The average Bonchev–Trinajstić information content (AvgIpc) is 3.33. The van der Waals surface area contributed by atoms with Crippen LogP contribution < -0.4 is 11.1 Å². The normalized spacial score (nSPS) is 10.7. The molecule has 2 heterocycles. The molecule has 0 aliphatic heterocycles. The van der Waals surface area contributed by atoms with Gasteiger partial charge in [0.05, 0.1) is 24.3 Å². The van der Waals surface area contributed by atoms with Crippen LogP contribution in [0.4, 0.5) is 19.0 Å². The van der Waals surface area contributed by atoms with Gasteiger partial charge < -0.3 is 11.1 Å². The quantitative estimate of drug-likeness (QED) is 0.376. The summed E-state index contributed by atoms with van der Waals surface area (Å²) in [5, 5.41) is 14.9. The van der Waals surface area contributed by atoms with Crippen molar-refractivity contribution >= 4 is 11.7 Å². The van der Waals surface area contributed by atoms with Gasteiger partial charge in [-0.1, -0.05) is 42.5 Å². The smallest absolute Gasteiger partial charge is 0.330 e. The molecule has 10 heteroatoms. The average molecular weight is 507 g/mol. The molecule has 4 rings (SSSR count). The Morgan fingerprint density at radius 3 is 2.30 bits per heavy atom. The van der Waals surface area contributed by atoms with Crippen LogP contribution >= 0.6 is 0 Å². The second-order valence-electron chi connectivity index (χ2n) is 8.03. The van der Waals surface area contributed by atoms with E-state index in [9.17, 15) is 18.0 Å². The fourth-order valence-corrected chi connectivity index (χ4v) is 3.30. The van der Waals surface area contributed by atoms with E-state index in [-0.39, 0.29) is 12.3 Å². The predicted octanol–water partition coefficient (Wildman–Crippen LogP) is 4.75. The van der Waals surface area contributed by atoms with Crippen LogP contribution in [-0.2, 0) is 24.2 Å². The lowest BCUT2D eigenvalue weighted by Crippen LogP contribution is -2.17. The summed E-state index contributed by atoms with van der Waals surface area (Å²) in [6.45, 7) is -0.486. The van der Waals surface area contributed by atoms with Crippen LogP contribution in [0.2, 0.25) is 0 Å². The second-order valence-corrected chi connectivity index (χ2v) is 8.03. The molecule has 3 N–H and O–H groups in total. The number of nitrogens with two attached hydrogens (primary N) is 1. The summed E-state index contributed by atoms with van der Waals surface area (Å²) >= 11 is 0. The molecular weight excluding hydrogens is 481 g/mol. The molecule has 4 aromatic rings. The zero-order chi connectivity index (χ0) is 26.7. The van der Waals surface area contributed by atoms with E-state index in [0.29, 0.717) is 29.1 Å². The molecular formula is C27H25F3N6O. The summed E-state index contributed by atoms with van der Waals surface area (Å²) in [6.07, 6.45) is 0.913. The molecule has 0 bridgehead atoms. The molecule has 2 aromatic carbocycles. The highest BCUT2D eigenvalue weighted by Crippen LogP contribution is 2.22. The molecule has 0 fully saturated rings. The van der Waals surface area contributed by atoms with Gasteiger partial charge in [-0.15, -0.1) is 0 Å². The number of hydrogen-bond donors (Lipinski definition) is 2. The fraction of sp³-hybridized carbons (Fsp3) is 0.185. The Bertz CT molecular complexity index is 1310. The first kappa shape index (κ1) is 27.1. The zero-order valence-corrected chi connectivity index (χ0v) is 19.8. The maximum Gasteiger partial charge on any atom is 0.408 e. The number of rotatable bonds is 7. The summed E-state index contributed by atoms with van der Waals surface area (Å²) in [5.41, 5.74) is 9.27. The van der Waals surface area contributed by atoms with Crippen LogP contribution in [0.5, 0.6) is 0 Å². The van der Waals surface area contributed by atoms with E-state index >= 15 is 0 Å². The van der Waals surface area contributed by atoms with Crippen LogP contribution in [0.1, 0.15) is 16.7 Å². The number of carbonyl (C=O) groups excluding carboxylic acids is 1. The minimum atomic E-state index is -4.32. The number of hydrogen-bond acceptors (Lipinski definition) is 5. The molecule has 37 heavy (non-hydrogen) atoms. The molecule has 0 aliphatic rings. The summed E-state index contributed by atoms with van der Waals surface area (Å²) in [7, 11) is 0. The molecule has 190 valence electrons. The predicted molar refractivity (Wildman–Crippen MR) is 134 cm³/mol.